The van der Waals surface area contributed by atoms with Gasteiger partial charge in [0.25, 0.3) is 0 Å². The van der Waals surface area contributed by atoms with Crippen LogP contribution in [0.15, 0.2) is 53.0 Å². The summed E-state index contributed by atoms with van der Waals surface area (Å²) in [6.07, 6.45) is -0.105. The number of esters is 1. The van der Waals surface area contributed by atoms with Crippen molar-refractivity contribution in [3.8, 4) is 0 Å². The van der Waals surface area contributed by atoms with Crippen molar-refractivity contribution in [3.05, 3.63) is 64.1 Å². The van der Waals surface area contributed by atoms with Crippen LogP contribution >= 0.6 is 15.9 Å². The van der Waals surface area contributed by atoms with Crippen LogP contribution in [-0.4, -0.2) is 12.1 Å². The number of halogens is 1. The number of hydrogen-bond acceptors (Lipinski definition) is 3. The molecule has 0 unspecified atom stereocenters. The molecule has 3 nitrogen and oxygen atoms in total. The highest BCUT2D eigenvalue weighted by atomic mass is 79.9. The summed E-state index contributed by atoms with van der Waals surface area (Å²) in [4.78, 5) is 11.7. The van der Waals surface area contributed by atoms with Crippen molar-refractivity contribution in [2.24, 2.45) is 0 Å². The van der Waals surface area contributed by atoms with Crippen LogP contribution in [0.1, 0.15) is 29.8 Å². The Balaban J connectivity index is 1.95. The number of rotatable bonds is 5. The van der Waals surface area contributed by atoms with Gasteiger partial charge in [0.1, 0.15) is 0 Å². The Morgan fingerprint density at radius 2 is 1.90 bits per heavy atom. The van der Waals surface area contributed by atoms with Crippen molar-refractivity contribution in [2.75, 3.05) is 5.32 Å². The highest BCUT2D eigenvalue weighted by Crippen LogP contribution is 2.15. The molecule has 4 heteroatoms. The average Bonchev–Trinajstić information content (AvgIpc) is 2.45. The fourth-order valence-corrected chi connectivity index (χ4v) is 2.30. The van der Waals surface area contributed by atoms with Crippen molar-refractivity contribution in [1.82, 2.24) is 0 Å². The lowest BCUT2D eigenvalue weighted by molar-refractivity contribution is 0.0378. The van der Waals surface area contributed by atoms with E-state index in [9.17, 15) is 4.79 Å². The predicted molar refractivity (Wildman–Crippen MR) is 88.5 cm³/mol. The summed E-state index contributed by atoms with van der Waals surface area (Å²) in [5.74, 6) is -0.288. The molecule has 0 aliphatic carbocycles. The van der Waals surface area contributed by atoms with Crippen LogP contribution in [0.2, 0.25) is 0 Å². The number of ether oxygens (including phenoxy) is 1. The fraction of sp³-hybridized carbons (Fsp3) is 0.235. The first kappa shape index (κ1) is 15.6. The van der Waals surface area contributed by atoms with Crippen molar-refractivity contribution >= 4 is 27.6 Å². The smallest absolute Gasteiger partial charge is 0.338 e. The summed E-state index contributed by atoms with van der Waals surface area (Å²) in [6.45, 7) is 4.41. The topological polar surface area (TPSA) is 38.3 Å². The van der Waals surface area contributed by atoms with Gasteiger partial charge in [0, 0.05) is 16.7 Å². The molecule has 0 amide bonds. The summed E-state index contributed by atoms with van der Waals surface area (Å²) >= 11 is 3.45. The summed E-state index contributed by atoms with van der Waals surface area (Å²) in [7, 11) is 0. The fourth-order valence-electron chi connectivity index (χ4n) is 1.86. The van der Waals surface area contributed by atoms with Crippen LogP contribution in [0.25, 0.3) is 0 Å². The van der Waals surface area contributed by atoms with Crippen LogP contribution in [-0.2, 0) is 11.3 Å². The van der Waals surface area contributed by atoms with Crippen LogP contribution < -0.4 is 5.32 Å². The first-order valence-electron chi connectivity index (χ1n) is 6.84. The molecule has 0 aliphatic rings. The van der Waals surface area contributed by atoms with Gasteiger partial charge in [0.15, 0.2) is 0 Å². The van der Waals surface area contributed by atoms with Gasteiger partial charge in [-0.05, 0) is 55.8 Å². The van der Waals surface area contributed by atoms with Gasteiger partial charge in [-0.2, -0.15) is 0 Å². The van der Waals surface area contributed by atoms with Gasteiger partial charge in [-0.25, -0.2) is 4.79 Å². The zero-order valence-electron chi connectivity index (χ0n) is 12.1. The zero-order chi connectivity index (χ0) is 15.2. The van der Waals surface area contributed by atoms with Gasteiger partial charge in [0.2, 0.25) is 0 Å². The van der Waals surface area contributed by atoms with Crippen LogP contribution in [0.5, 0.6) is 0 Å². The lowest BCUT2D eigenvalue weighted by Gasteiger charge is -2.10. The maximum Gasteiger partial charge on any atom is 0.338 e. The summed E-state index contributed by atoms with van der Waals surface area (Å²) in [5, 5.41) is 3.32. The van der Waals surface area contributed by atoms with Gasteiger partial charge >= 0.3 is 5.97 Å². The second kappa shape index (κ2) is 7.27. The van der Waals surface area contributed by atoms with Crippen molar-refractivity contribution in [2.45, 2.75) is 26.5 Å². The van der Waals surface area contributed by atoms with Gasteiger partial charge < -0.3 is 10.1 Å². The molecule has 0 fully saturated rings. The molecule has 110 valence electrons. The molecule has 0 aromatic heterocycles. The lowest BCUT2D eigenvalue weighted by Crippen LogP contribution is -2.11. The molecule has 1 N–H and O–H groups in total. The second-order valence-electron chi connectivity index (χ2n) is 5.01. The number of carbonyl (C=O) groups excluding carboxylic acids is 1. The number of anilines is 1. The standard InChI is InChI=1S/C17H18BrNO2/c1-12(2)21-17(20)14-6-8-16(9-7-14)19-11-13-4-3-5-15(18)10-13/h3-10,12,19H,11H2,1-2H3. The van der Waals surface area contributed by atoms with E-state index < -0.39 is 0 Å². The Hall–Kier alpha value is -1.81. The normalized spacial score (nSPS) is 10.5. The van der Waals surface area contributed by atoms with Crippen LogP contribution in [0, 0.1) is 0 Å². The van der Waals surface area contributed by atoms with Crippen molar-refractivity contribution in [3.63, 3.8) is 0 Å². The van der Waals surface area contributed by atoms with Crippen molar-refractivity contribution in [1.29, 1.82) is 0 Å². The molecular weight excluding hydrogens is 330 g/mol. The Kier molecular flexibility index (Phi) is 5.39. The quantitative estimate of drug-likeness (QED) is 0.801. The molecule has 0 bridgehead atoms. The number of benzene rings is 2. The Morgan fingerprint density at radius 1 is 1.19 bits per heavy atom. The van der Waals surface area contributed by atoms with Gasteiger partial charge in [0.05, 0.1) is 11.7 Å². The minimum absolute atomic E-state index is 0.105. The molecule has 0 saturated carbocycles. The number of nitrogens with one attached hydrogen (secondary N) is 1. The summed E-state index contributed by atoms with van der Waals surface area (Å²) in [6, 6.07) is 15.4. The molecule has 0 heterocycles. The van der Waals surface area contributed by atoms with E-state index in [4.69, 9.17) is 4.74 Å². The molecule has 0 atom stereocenters. The molecule has 0 saturated heterocycles. The monoisotopic (exact) mass is 347 g/mol. The first-order chi connectivity index (χ1) is 10.0. The van der Waals surface area contributed by atoms with E-state index in [1.54, 1.807) is 12.1 Å². The lowest BCUT2D eigenvalue weighted by atomic mass is 10.2. The van der Waals surface area contributed by atoms with Crippen molar-refractivity contribution < 1.29 is 9.53 Å². The molecular formula is C17H18BrNO2. The van der Waals surface area contributed by atoms with E-state index in [1.165, 1.54) is 5.56 Å². The molecule has 0 aliphatic heterocycles. The Morgan fingerprint density at radius 3 is 2.52 bits per heavy atom. The van der Waals surface area contributed by atoms with E-state index in [2.05, 4.69) is 33.4 Å². The molecule has 2 rings (SSSR count). The number of carbonyl (C=O) groups is 1. The van der Waals surface area contributed by atoms with E-state index >= 15 is 0 Å². The maximum atomic E-state index is 11.7. The summed E-state index contributed by atoms with van der Waals surface area (Å²) < 4.78 is 6.22. The predicted octanol–water partition coefficient (Wildman–Crippen LogP) is 4.63. The highest BCUT2D eigenvalue weighted by molar-refractivity contribution is 9.10. The molecule has 0 radical (unpaired) electrons. The van der Waals surface area contributed by atoms with E-state index in [-0.39, 0.29) is 12.1 Å². The third-order valence-corrected chi connectivity index (χ3v) is 3.34. The van der Waals surface area contributed by atoms with E-state index in [0.29, 0.717) is 5.56 Å². The molecule has 0 spiro atoms. The highest BCUT2D eigenvalue weighted by Gasteiger charge is 2.08. The van der Waals surface area contributed by atoms with E-state index in [1.807, 2.05) is 38.1 Å². The third-order valence-electron chi connectivity index (χ3n) is 2.85. The first-order valence-corrected chi connectivity index (χ1v) is 7.63. The van der Waals surface area contributed by atoms with Gasteiger partial charge in [-0.15, -0.1) is 0 Å². The SMILES string of the molecule is CC(C)OC(=O)c1ccc(NCc2cccc(Br)c2)cc1. The number of hydrogen-bond donors (Lipinski definition) is 1. The largest absolute Gasteiger partial charge is 0.459 e. The summed E-state index contributed by atoms with van der Waals surface area (Å²) in [5.41, 5.74) is 2.72. The van der Waals surface area contributed by atoms with Crippen LogP contribution in [0.4, 0.5) is 5.69 Å². The van der Waals surface area contributed by atoms with Gasteiger partial charge in [-0.3, -0.25) is 0 Å². The second-order valence-corrected chi connectivity index (χ2v) is 5.93. The third kappa shape index (κ3) is 4.90. The molecule has 2 aromatic carbocycles. The Bertz CT molecular complexity index is 608. The molecule has 21 heavy (non-hydrogen) atoms. The van der Waals surface area contributed by atoms with Crippen LogP contribution in [0.3, 0.4) is 0 Å². The maximum absolute atomic E-state index is 11.7. The minimum atomic E-state index is -0.288. The van der Waals surface area contributed by atoms with E-state index in [0.717, 1.165) is 16.7 Å². The average molecular weight is 348 g/mol. The Labute approximate surface area is 133 Å². The van der Waals surface area contributed by atoms with Gasteiger partial charge in [-0.1, -0.05) is 28.1 Å². The molecule has 2 aromatic rings. The minimum Gasteiger partial charge on any atom is -0.459 e. The zero-order valence-corrected chi connectivity index (χ0v) is 13.7.